The van der Waals surface area contributed by atoms with Crippen molar-refractivity contribution in [1.29, 1.82) is 0 Å². The second-order valence-corrected chi connectivity index (χ2v) is 4.12. The second-order valence-electron chi connectivity index (χ2n) is 4.12. The first kappa shape index (κ1) is 9.38. The number of hydrogen-bond acceptors (Lipinski definition) is 2. The molecule has 1 atom stereocenters. The van der Waals surface area contributed by atoms with Gasteiger partial charge in [-0.05, 0) is 30.0 Å². The van der Waals surface area contributed by atoms with E-state index >= 15 is 0 Å². The topological polar surface area (TPSA) is 18.5 Å². The molecule has 0 amide bonds. The Labute approximate surface area is 84.8 Å². The third-order valence-corrected chi connectivity index (χ3v) is 2.51. The van der Waals surface area contributed by atoms with E-state index in [2.05, 4.69) is 32.9 Å². The summed E-state index contributed by atoms with van der Waals surface area (Å²) in [6.45, 7) is 8.33. The molecule has 2 nitrogen and oxygen atoms in total. The summed E-state index contributed by atoms with van der Waals surface area (Å²) in [7, 11) is 0. The molecule has 1 aromatic carbocycles. The molecule has 0 saturated heterocycles. The Balaban J connectivity index is 2.46. The van der Waals surface area contributed by atoms with E-state index < -0.39 is 0 Å². The molecule has 2 rings (SSSR count). The predicted octanol–water partition coefficient (Wildman–Crippen LogP) is 3.24. The van der Waals surface area contributed by atoms with Gasteiger partial charge in [0.15, 0.2) is 11.5 Å². The third kappa shape index (κ3) is 1.45. The zero-order chi connectivity index (χ0) is 10.3. The van der Waals surface area contributed by atoms with Crippen LogP contribution >= 0.6 is 0 Å². The van der Waals surface area contributed by atoms with Gasteiger partial charge in [0.2, 0.25) is 6.29 Å². The maximum atomic E-state index is 5.56. The fourth-order valence-electron chi connectivity index (χ4n) is 1.71. The van der Waals surface area contributed by atoms with E-state index in [-0.39, 0.29) is 6.29 Å². The van der Waals surface area contributed by atoms with E-state index in [0.29, 0.717) is 5.92 Å². The Morgan fingerprint density at radius 3 is 2.57 bits per heavy atom. The lowest BCUT2D eigenvalue weighted by Gasteiger charge is -2.08. The van der Waals surface area contributed by atoms with Crippen LogP contribution in [0.15, 0.2) is 12.1 Å². The van der Waals surface area contributed by atoms with Crippen LogP contribution in [0.5, 0.6) is 11.5 Å². The summed E-state index contributed by atoms with van der Waals surface area (Å²) in [5.41, 5.74) is 2.47. The van der Waals surface area contributed by atoms with Crippen molar-refractivity contribution < 1.29 is 9.47 Å². The molecule has 0 unspecified atom stereocenters. The minimum Gasteiger partial charge on any atom is -0.451 e. The summed E-state index contributed by atoms with van der Waals surface area (Å²) in [5, 5.41) is 0. The molecular formula is C12H16O2. The maximum absolute atomic E-state index is 5.56. The molecule has 76 valence electrons. The molecule has 1 aromatic rings. The lowest BCUT2D eigenvalue weighted by molar-refractivity contribution is 0.0675. The molecule has 0 aromatic heterocycles. The molecule has 1 aliphatic rings. The van der Waals surface area contributed by atoms with E-state index in [9.17, 15) is 0 Å². The summed E-state index contributed by atoms with van der Waals surface area (Å²) in [6, 6.07) is 4.25. The van der Waals surface area contributed by atoms with E-state index in [1.54, 1.807) is 0 Å². The SMILES string of the molecule is Cc1cc(C(C)C)cc2c1O[C@H](C)O2. The first-order valence-electron chi connectivity index (χ1n) is 5.06. The van der Waals surface area contributed by atoms with Crippen LogP contribution in [0.4, 0.5) is 0 Å². The van der Waals surface area contributed by atoms with Gasteiger partial charge >= 0.3 is 0 Å². The summed E-state index contributed by atoms with van der Waals surface area (Å²) in [5.74, 6) is 2.32. The van der Waals surface area contributed by atoms with E-state index in [0.717, 1.165) is 17.1 Å². The summed E-state index contributed by atoms with van der Waals surface area (Å²) in [4.78, 5) is 0. The number of ether oxygens (including phenoxy) is 2. The summed E-state index contributed by atoms with van der Waals surface area (Å²) in [6.07, 6.45) is -0.147. The predicted molar refractivity (Wildman–Crippen MR) is 56.0 cm³/mol. The molecule has 0 radical (unpaired) electrons. The van der Waals surface area contributed by atoms with Gasteiger partial charge in [-0.3, -0.25) is 0 Å². The molecule has 0 fully saturated rings. The standard InChI is InChI=1S/C12H16O2/c1-7(2)10-5-8(3)12-11(6-10)13-9(4)14-12/h5-7,9H,1-4H3/t9-/m1/s1. The van der Waals surface area contributed by atoms with Crippen molar-refractivity contribution in [3.63, 3.8) is 0 Å². The highest BCUT2D eigenvalue weighted by Crippen LogP contribution is 2.39. The quantitative estimate of drug-likeness (QED) is 0.680. The average molecular weight is 192 g/mol. The Bertz CT molecular complexity index is 356. The number of rotatable bonds is 1. The monoisotopic (exact) mass is 192 g/mol. The van der Waals surface area contributed by atoms with Gasteiger partial charge in [0.25, 0.3) is 0 Å². The van der Waals surface area contributed by atoms with Gasteiger partial charge in [0, 0.05) is 6.92 Å². The van der Waals surface area contributed by atoms with Crippen LogP contribution in [0.3, 0.4) is 0 Å². The fourth-order valence-corrected chi connectivity index (χ4v) is 1.71. The molecule has 0 spiro atoms. The van der Waals surface area contributed by atoms with Crippen LogP contribution in [0.1, 0.15) is 37.8 Å². The Kier molecular flexibility index (Phi) is 2.14. The minimum atomic E-state index is -0.147. The van der Waals surface area contributed by atoms with Gasteiger partial charge in [-0.15, -0.1) is 0 Å². The fraction of sp³-hybridized carbons (Fsp3) is 0.500. The summed E-state index contributed by atoms with van der Waals surface area (Å²) >= 11 is 0. The second kappa shape index (κ2) is 3.19. The van der Waals surface area contributed by atoms with E-state index in [4.69, 9.17) is 9.47 Å². The molecule has 2 heteroatoms. The smallest absolute Gasteiger partial charge is 0.238 e. The highest BCUT2D eigenvalue weighted by atomic mass is 16.7. The van der Waals surface area contributed by atoms with Crippen LogP contribution in [0, 0.1) is 6.92 Å². The van der Waals surface area contributed by atoms with Gasteiger partial charge < -0.3 is 9.47 Å². The van der Waals surface area contributed by atoms with Crippen molar-refractivity contribution in [1.82, 2.24) is 0 Å². The van der Waals surface area contributed by atoms with Crippen LogP contribution in [0.25, 0.3) is 0 Å². The number of benzene rings is 1. The first-order valence-corrected chi connectivity index (χ1v) is 5.06. The molecule has 0 N–H and O–H groups in total. The van der Waals surface area contributed by atoms with Crippen molar-refractivity contribution in [2.75, 3.05) is 0 Å². The van der Waals surface area contributed by atoms with Crippen LogP contribution < -0.4 is 9.47 Å². The Morgan fingerprint density at radius 1 is 1.21 bits per heavy atom. The highest BCUT2D eigenvalue weighted by molar-refractivity contribution is 5.51. The number of aryl methyl sites for hydroxylation is 1. The Morgan fingerprint density at radius 2 is 1.93 bits per heavy atom. The van der Waals surface area contributed by atoms with Crippen molar-refractivity contribution in [2.24, 2.45) is 0 Å². The molecule has 0 bridgehead atoms. The van der Waals surface area contributed by atoms with E-state index in [1.165, 1.54) is 5.56 Å². The van der Waals surface area contributed by atoms with Crippen molar-refractivity contribution in [2.45, 2.75) is 39.9 Å². The lowest BCUT2D eigenvalue weighted by atomic mass is 10.0. The average Bonchev–Trinajstić information content (AvgIpc) is 2.45. The normalized spacial score (nSPS) is 19.1. The van der Waals surface area contributed by atoms with Crippen molar-refractivity contribution in [3.05, 3.63) is 23.3 Å². The van der Waals surface area contributed by atoms with Crippen LogP contribution in [0.2, 0.25) is 0 Å². The molecular weight excluding hydrogens is 176 g/mol. The van der Waals surface area contributed by atoms with Gasteiger partial charge in [0.05, 0.1) is 0 Å². The van der Waals surface area contributed by atoms with Crippen LogP contribution in [-0.2, 0) is 0 Å². The first-order chi connectivity index (χ1) is 6.58. The number of fused-ring (bicyclic) bond motifs is 1. The zero-order valence-electron chi connectivity index (χ0n) is 9.13. The highest BCUT2D eigenvalue weighted by Gasteiger charge is 2.23. The molecule has 0 aliphatic carbocycles. The molecule has 1 heterocycles. The minimum absolute atomic E-state index is 0.147. The van der Waals surface area contributed by atoms with Gasteiger partial charge in [-0.2, -0.15) is 0 Å². The van der Waals surface area contributed by atoms with Gasteiger partial charge in [-0.25, -0.2) is 0 Å². The largest absolute Gasteiger partial charge is 0.451 e. The van der Waals surface area contributed by atoms with Gasteiger partial charge in [-0.1, -0.05) is 19.9 Å². The number of hydrogen-bond donors (Lipinski definition) is 0. The Hall–Kier alpha value is -1.18. The molecule has 0 saturated carbocycles. The van der Waals surface area contributed by atoms with Crippen LogP contribution in [-0.4, -0.2) is 6.29 Å². The zero-order valence-corrected chi connectivity index (χ0v) is 9.13. The van der Waals surface area contributed by atoms with Crippen molar-refractivity contribution in [3.8, 4) is 11.5 Å². The maximum Gasteiger partial charge on any atom is 0.238 e. The molecule has 14 heavy (non-hydrogen) atoms. The lowest BCUT2D eigenvalue weighted by Crippen LogP contribution is -2.11. The third-order valence-electron chi connectivity index (χ3n) is 2.51. The van der Waals surface area contributed by atoms with E-state index in [1.807, 2.05) is 6.92 Å². The molecule has 1 aliphatic heterocycles. The van der Waals surface area contributed by atoms with Crippen molar-refractivity contribution >= 4 is 0 Å². The van der Waals surface area contributed by atoms with Gasteiger partial charge in [0.1, 0.15) is 0 Å². The summed E-state index contributed by atoms with van der Waals surface area (Å²) < 4.78 is 11.1.